The number of ether oxygens (including phenoxy) is 1. The van der Waals surface area contributed by atoms with Crippen molar-refractivity contribution in [3.05, 3.63) is 22.6 Å². The fraction of sp³-hybridized carbons (Fsp3) is 0.538. The fourth-order valence-electron chi connectivity index (χ4n) is 2.83. The molecule has 12 heteroatoms. The van der Waals surface area contributed by atoms with Gasteiger partial charge in [0.2, 0.25) is 5.95 Å². The lowest BCUT2D eigenvalue weighted by atomic mass is 9.96. The van der Waals surface area contributed by atoms with Crippen molar-refractivity contribution in [3.63, 3.8) is 0 Å². The summed E-state index contributed by atoms with van der Waals surface area (Å²) < 4.78 is 12.1. The predicted molar refractivity (Wildman–Crippen MR) is 87.5 cm³/mol. The first-order valence-corrected chi connectivity index (χ1v) is 8.78. The third kappa shape index (κ3) is 3.15. The third-order valence-electron chi connectivity index (χ3n) is 4.12. The van der Waals surface area contributed by atoms with E-state index in [1.54, 1.807) is 0 Å². The first-order valence-electron chi connectivity index (χ1n) is 7.38. The molecule has 0 amide bonds. The van der Waals surface area contributed by atoms with Crippen molar-refractivity contribution in [1.82, 2.24) is 14.5 Å². The predicted octanol–water partition coefficient (Wildman–Crippen LogP) is -1.41. The molecule has 0 radical (unpaired) electrons. The zero-order valence-corrected chi connectivity index (χ0v) is 14.1. The molecule has 2 unspecified atom stereocenters. The van der Waals surface area contributed by atoms with Crippen molar-refractivity contribution in [1.29, 1.82) is 0 Å². The molecule has 0 aliphatic carbocycles. The van der Waals surface area contributed by atoms with Crippen LogP contribution < -0.4 is 11.3 Å². The van der Waals surface area contributed by atoms with Crippen LogP contribution >= 0.6 is 8.38 Å². The number of nitrogens with zero attached hydrogens (tertiary/aromatic N) is 2. The van der Waals surface area contributed by atoms with E-state index in [1.165, 1.54) is 23.8 Å². The molecule has 0 spiro atoms. The third-order valence-corrected chi connectivity index (χ3v) is 4.81. The second-order valence-electron chi connectivity index (χ2n) is 5.90. The molecule has 0 aromatic carbocycles. The summed E-state index contributed by atoms with van der Waals surface area (Å²) in [5, 5.41) is 30.1. The summed E-state index contributed by atoms with van der Waals surface area (Å²) >= 11 is 0. The Morgan fingerprint density at radius 1 is 1.60 bits per heavy atom. The average molecular weight is 374 g/mol. The maximum Gasteiger partial charge on any atom is 0.261 e. The summed E-state index contributed by atoms with van der Waals surface area (Å²) in [6.45, 7) is 1.14. The molecule has 0 saturated carbocycles. The minimum absolute atomic E-state index is 0.0932. The summed E-state index contributed by atoms with van der Waals surface area (Å²) in [5.41, 5.74) is 3.60. The largest absolute Gasteiger partial charge is 0.387 e. The van der Waals surface area contributed by atoms with Crippen LogP contribution in [0.2, 0.25) is 0 Å². The standard InChI is InChI=1S/C13H19N4O7P/c1-13(21)8(19)7(4-23-25(22)5-18)24-11(13)17-3-2-6-9(17)15-12(14)16-10(6)20/h2-3,7-8,11,18-19,21-22H,4-5H2,1H3,(H3,14,15,16,20)/t7-,8?,11-,13-,25?/m1/s1. The molecule has 1 fully saturated rings. The molecule has 1 aliphatic heterocycles. The zero-order chi connectivity index (χ0) is 18.4. The van der Waals surface area contributed by atoms with Crippen LogP contribution in [0.3, 0.4) is 0 Å². The fourth-order valence-corrected chi connectivity index (χ4v) is 3.23. The van der Waals surface area contributed by atoms with Crippen molar-refractivity contribution in [3.8, 4) is 0 Å². The molecule has 3 heterocycles. The number of hydrogen-bond donors (Lipinski definition) is 6. The van der Waals surface area contributed by atoms with Crippen molar-refractivity contribution in [2.75, 3.05) is 18.7 Å². The smallest absolute Gasteiger partial charge is 0.261 e. The summed E-state index contributed by atoms with van der Waals surface area (Å²) in [5.74, 6) is -0.0932. The van der Waals surface area contributed by atoms with Gasteiger partial charge >= 0.3 is 0 Å². The second-order valence-corrected chi connectivity index (χ2v) is 7.14. The number of aromatic amines is 1. The average Bonchev–Trinajstić information content (AvgIpc) is 3.05. The van der Waals surface area contributed by atoms with Crippen LogP contribution in [-0.2, 0) is 9.26 Å². The van der Waals surface area contributed by atoms with Crippen molar-refractivity contribution in [2.24, 2.45) is 0 Å². The highest BCUT2D eigenvalue weighted by molar-refractivity contribution is 7.45. The number of nitrogens with one attached hydrogen (secondary N) is 1. The van der Waals surface area contributed by atoms with Gasteiger partial charge in [-0.25, -0.2) is 0 Å². The van der Waals surface area contributed by atoms with Gasteiger partial charge in [-0.1, -0.05) is 0 Å². The number of aliphatic hydroxyl groups excluding tert-OH is 2. The molecular formula is C13H19N4O7P. The van der Waals surface area contributed by atoms with Crippen LogP contribution in [0.5, 0.6) is 0 Å². The van der Waals surface area contributed by atoms with E-state index < -0.39 is 44.3 Å². The molecule has 2 aromatic heterocycles. The van der Waals surface area contributed by atoms with Gasteiger partial charge in [-0.3, -0.25) is 9.78 Å². The number of anilines is 1. The van der Waals surface area contributed by atoms with Gasteiger partial charge in [0, 0.05) is 6.20 Å². The minimum Gasteiger partial charge on any atom is -0.387 e. The number of H-pyrrole nitrogens is 1. The van der Waals surface area contributed by atoms with E-state index in [1.807, 2.05) is 0 Å². The summed E-state index contributed by atoms with van der Waals surface area (Å²) in [4.78, 5) is 27.7. The zero-order valence-electron chi connectivity index (χ0n) is 13.2. The quantitative estimate of drug-likeness (QED) is 0.343. The van der Waals surface area contributed by atoms with Gasteiger partial charge in [-0.05, 0) is 13.0 Å². The monoisotopic (exact) mass is 374 g/mol. The Balaban J connectivity index is 1.93. The number of fused-ring (bicyclic) bond motifs is 1. The number of aliphatic hydroxyl groups is 3. The SMILES string of the molecule is C[C@@]1(O)C(O)[C@@H](COP(O)CO)O[C@H]1n1ccc2c(=O)[nH]c(N)nc21. The van der Waals surface area contributed by atoms with E-state index in [9.17, 15) is 19.9 Å². The Labute approximate surface area is 142 Å². The molecule has 11 nitrogen and oxygen atoms in total. The molecule has 0 bridgehead atoms. The Bertz CT molecular complexity index is 822. The highest BCUT2D eigenvalue weighted by Gasteiger charge is 2.53. The number of aromatic nitrogens is 3. The lowest BCUT2D eigenvalue weighted by Gasteiger charge is -2.27. The van der Waals surface area contributed by atoms with Crippen LogP contribution in [-0.4, -0.2) is 65.5 Å². The lowest BCUT2D eigenvalue weighted by molar-refractivity contribution is -0.0945. The van der Waals surface area contributed by atoms with Gasteiger partial charge in [-0.15, -0.1) is 0 Å². The maximum absolute atomic E-state index is 11.9. The van der Waals surface area contributed by atoms with Gasteiger partial charge in [0.05, 0.1) is 12.0 Å². The Morgan fingerprint density at radius 2 is 2.32 bits per heavy atom. The lowest BCUT2D eigenvalue weighted by Crippen LogP contribution is -2.44. The topological polar surface area (TPSA) is 176 Å². The van der Waals surface area contributed by atoms with Gasteiger partial charge < -0.3 is 39.8 Å². The van der Waals surface area contributed by atoms with Crippen LogP contribution in [0, 0.1) is 0 Å². The number of nitrogen functional groups attached to an aromatic ring is 1. The van der Waals surface area contributed by atoms with Crippen molar-refractivity contribution < 1.29 is 29.5 Å². The molecular weight excluding hydrogens is 355 g/mol. The Morgan fingerprint density at radius 3 is 3.00 bits per heavy atom. The molecule has 2 aromatic rings. The van der Waals surface area contributed by atoms with E-state index in [2.05, 4.69) is 9.97 Å². The van der Waals surface area contributed by atoms with Crippen LogP contribution in [0.4, 0.5) is 5.95 Å². The highest BCUT2D eigenvalue weighted by Crippen LogP contribution is 2.41. The number of nitrogens with two attached hydrogens (primary N) is 1. The number of rotatable bonds is 5. The molecule has 3 rings (SSSR count). The molecule has 1 aliphatic rings. The molecule has 1 saturated heterocycles. The normalized spacial score (nSPS) is 30.8. The van der Waals surface area contributed by atoms with Gasteiger partial charge in [0.1, 0.15) is 24.2 Å². The molecule has 7 N–H and O–H groups in total. The molecule has 25 heavy (non-hydrogen) atoms. The van der Waals surface area contributed by atoms with E-state index >= 15 is 0 Å². The number of hydrogen-bond acceptors (Lipinski definition) is 9. The van der Waals surface area contributed by atoms with E-state index in [4.69, 9.17) is 20.1 Å². The Kier molecular flexibility index (Phi) is 4.82. The van der Waals surface area contributed by atoms with Gasteiger partial charge in [0.15, 0.2) is 20.3 Å². The summed E-state index contributed by atoms with van der Waals surface area (Å²) in [6, 6.07) is 1.50. The van der Waals surface area contributed by atoms with Crippen molar-refractivity contribution in [2.45, 2.75) is 31.0 Å². The van der Waals surface area contributed by atoms with Crippen LogP contribution in [0.15, 0.2) is 17.1 Å². The first kappa shape index (κ1) is 18.2. The summed E-state index contributed by atoms with van der Waals surface area (Å²) in [7, 11) is -2.04. The van der Waals surface area contributed by atoms with Gasteiger partial charge in [0.25, 0.3) is 5.56 Å². The van der Waals surface area contributed by atoms with E-state index in [-0.39, 0.29) is 23.6 Å². The van der Waals surface area contributed by atoms with Crippen LogP contribution in [0.1, 0.15) is 13.2 Å². The van der Waals surface area contributed by atoms with Crippen molar-refractivity contribution >= 4 is 25.4 Å². The van der Waals surface area contributed by atoms with Gasteiger partial charge in [-0.2, -0.15) is 4.98 Å². The Hall–Kier alpha value is -1.59. The summed E-state index contributed by atoms with van der Waals surface area (Å²) in [6.07, 6.45) is -2.42. The first-order chi connectivity index (χ1) is 11.8. The van der Waals surface area contributed by atoms with Crippen LogP contribution in [0.25, 0.3) is 11.0 Å². The molecule has 138 valence electrons. The highest BCUT2D eigenvalue weighted by atomic mass is 31.2. The maximum atomic E-state index is 11.9. The van der Waals surface area contributed by atoms with E-state index in [0.717, 1.165) is 0 Å². The molecule has 5 atom stereocenters. The van der Waals surface area contributed by atoms with E-state index in [0.29, 0.717) is 0 Å². The second kappa shape index (κ2) is 6.61. The minimum atomic E-state index is -2.04.